The standard InChI is InChI=1S/C15H11NO.C3H6O2S/c1-3-7-12(8-4-1)14-15(17-11-16-14)13-9-5-2-6-10-13;1-2(6)3(4)5/h1-11H;2,6H,1H3,(H,4,5). The largest absolute Gasteiger partial charge is 0.480 e. The minimum atomic E-state index is -0.877. The van der Waals surface area contributed by atoms with E-state index in [2.05, 4.69) is 17.6 Å². The molecule has 3 aromatic rings. The van der Waals surface area contributed by atoms with Gasteiger partial charge >= 0.3 is 5.97 Å². The number of thiol groups is 1. The fourth-order valence-electron chi connectivity index (χ4n) is 1.84. The van der Waals surface area contributed by atoms with Crippen molar-refractivity contribution in [2.24, 2.45) is 0 Å². The summed E-state index contributed by atoms with van der Waals surface area (Å²) in [6, 6.07) is 20.1. The number of benzene rings is 2. The Bertz CT molecular complexity index is 685. The van der Waals surface area contributed by atoms with E-state index in [0.717, 1.165) is 22.6 Å². The lowest BCUT2D eigenvalue weighted by atomic mass is 10.1. The average Bonchev–Trinajstić information content (AvgIpc) is 3.06. The fourth-order valence-corrected chi connectivity index (χ4v) is 1.84. The summed E-state index contributed by atoms with van der Waals surface area (Å²) in [5.74, 6) is -0.0601. The molecule has 1 unspecified atom stereocenters. The smallest absolute Gasteiger partial charge is 0.316 e. The topological polar surface area (TPSA) is 63.3 Å². The van der Waals surface area contributed by atoms with E-state index >= 15 is 0 Å². The molecule has 0 aliphatic rings. The van der Waals surface area contributed by atoms with Gasteiger partial charge in [-0.05, 0) is 6.92 Å². The molecule has 23 heavy (non-hydrogen) atoms. The van der Waals surface area contributed by atoms with Crippen LogP contribution in [0.3, 0.4) is 0 Å². The molecule has 118 valence electrons. The van der Waals surface area contributed by atoms with Crippen LogP contribution < -0.4 is 0 Å². The molecule has 0 bridgehead atoms. The summed E-state index contributed by atoms with van der Waals surface area (Å²) >= 11 is 3.59. The molecule has 1 N–H and O–H groups in total. The highest BCUT2D eigenvalue weighted by molar-refractivity contribution is 7.81. The molecular formula is C18H17NO3S. The molecule has 2 aromatic carbocycles. The quantitative estimate of drug-likeness (QED) is 0.700. The highest BCUT2D eigenvalue weighted by atomic mass is 32.1. The van der Waals surface area contributed by atoms with Crippen LogP contribution in [-0.2, 0) is 4.79 Å². The van der Waals surface area contributed by atoms with Gasteiger partial charge in [-0.25, -0.2) is 4.98 Å². The molecule has 0 amide bonds. The number of hydrogen-bond donors (Lipinski definition) is 2. The minimum absolute atomic E-state index is 0.537. The van der Waals surface area contributed by atoms with Gasteiger partial charge in [-0.15, -0.1) is 0 Å². The van der Waals surface area contributed by atoms with E-state index in [1.165, 1.54) is 13.3 Å². The third kappa shape index (κ3) is 4.72. The number of aromatic nitrogens is 1. The van der Waals surface area contributed by atoms with Crippen LogP contribution in [0.1, 0.15) is 6.92 Å². The normalized spacial score (nSPS) is 11.2. The van der Waals surface area contributed by atoms with E-state index in [-0.39, 0.29) is 0 Å². The van der Waals surface area contributed by atoms with Crippen molar-refractivity contribution >= 4 is 18.6 Å². The lowest BCUT2D eigenvalue weighted by molar-refractivity contribution is -0.136. The van der Waals surface area contributed by atoms with E-state index in [1.54, 1.807) is 0 Å². The van der Waals surface area contributed by atoms with Crippen molar-refractivity contribution in [3.63, 3.8) is 0 Å². The summed E-state index contributed by atoms with van der Waals surface area (Å²) in [5, 5.41) is 7.38. The maximum absolute atomic E-state index is 9.62. The first-order valence-corrected chi connectivity index (χ1v) is 7.56. The van der Waals surface area contributed by atoms with Crippen molar-refractivity contribution in [1.82, 2.24) is 4.98 Å². The number of aliphatic carboxylic acids is 1. The van der Waals surface area contributed by atoms with Gasteiger partial charge in [-0.1, -0.05) is 60.7 Å². The molecule has 4 nitrogen and oxygen atoms in total. The summed E-state index contributed by atoms with van der Waals surface area (Å²) in [7, 11) is 0. The minimum Gasteiger partial charge on any atom is -0.480 e. The number of carboxylic acid groups (broad SMARTS) is 1. The molecule has 5 heteroatoms. The summed E-state index contributed by atoms with van der Waals surface area (Å²) < 4.78 is 5.49. The SMILES string of the molecule is CC(S)C(=O)O.c1ccc(-c2ncoc2-c2ccccc2)cc1. The van der Waals surface area contributed by atoms with E-state index < -0.39 is 11.2 Å². The zero-order valence-corrected chi connectivity index (χ0v) is 13.5. The Hall–Kier alpha value is -2.53. The Balaban J connectivity index is 0.000000277. The van der Waals surface area contributed by atoms with Gasteiger partial charge in [0.2, 0.25) is 0 Å². The van der Waals surface area contributed by atoms with E-state index in [9.17, 15) is 4.79 Å². The molecule has 0 spiro atoms. The third-order valence-corrected chi connectivity index (χ3v) is 3.23. The molecule has 0 aliphatic heterocycles. The van der Waals surface area contributed by atoms with Crippen LogP contribution in [0, 0.1) is 0 Å². The third-order valence-electron chi connectivity index (χ3n) is 3.01. The van der Waals surface area contributed by atoms with E-state index in [4.69, 9.17) is 9.52 Å². The lowest BCUT2D eigenvalue weighted by Crippen LogP contribution is -2.06. The van der Waals surface area contributed by atoms with Gasteiger partial charge in [0.25, 0.3) is 0 Å². The van der Waals surface area contributed by atoms with Crippen LogP contribution in [0.25, 0.3) is 22.6 Å². The number of rotatable bonds is 3. The summed E-state index contributed by atoms with van der Waals surface area (Å²) in [5.41, 5.74) is 3.00. The maximum Gasteiger partial charge on any atom is 0.316 e. The monoisotopic (exact) mass is 327 g/mol. The Labute approximate surface area is 140 Å². The van der Waals surface area contributed by atoms with Gasteiger partial charge in [0.15, 0.2) is 12.2 Å². The van der Waals surface area contributed by atoms with E-state index in [1.807, 2.05) is 60.7 Å². The Kier molecular flexibility index (Phi) is 6.00. The molecule has 1 atom stereocenters. The average molecular weight is 327 g/mol. The van der Waals surface area contributed by atoms with Crippen molar-refractivity contribution in [2.45, 2.75) is 12.2 Å². The van der Waals surface area contributed by atoms with Crippen LogP contribution in [0.2, 0.25) is 0 Å². The highest BCUT2D eigenvalue weighted by Crippen LogP contribution is 2.30. The molecule has 0 aliphatic carbocycles. The molecule has 0 saturated carbocycles. The predicted molar refractivity (Wildman–Crippen MR) is 93.5 cm³/mol. The van der Waals surface area contributed by atoms with Gasteiger partial charge in [-0.2, -0.15) is 12.6 Å². The first-order valence-electron chi connectivity index (χ1n) is 7.04. The molecule has 1 aromatic heterocycles. The van der Waals surface area contributed by atoms with Crippen molar-refractivity contribution in [3.8, 4) is 22.6 Å². The van der Waals surface area contributed by atoms with Crippen molar-refractivity contribution in [3.05, 3.63) is 67.1 Å². The van der Waals surface area contributed by atoms with Gasteiger partial charge in [0, 0.05) is 11.1 Å². The Morgan fingerprint density at radius 3 is 2.00 bits per heavy atom. The molecule has 0 saturated heterocycles. The summed E-state index contributed by atoms with van der Waals surface area (Å²) in [6.45, 7) is 1.51. The van der Waals surface area contributed by atoms with Crippen LogP contribution in [-0.4, -0.2) is 21.3 Å². The first kappa shape index (κ1) is 16.8. The van der Waals surface area contributed by atoms with E-state index in [0.29, 0.717) is 0 Å². The molecule has 1 heterocycles. The predicted octanol–water partition coefficient (Wildman–Crippen LogP) is 4.40. The number of nitrogens with zero attached hydrogens (tertiary/aromatic N) is 1. The number of carbonyl (C=O) groups is 1. The Morgan fingerprint density at radius 2 is 1.52 bits per heavy atom. The molecule has 0 radical (unpaired) electrons. The number of oxazole rings is 1. The van der Waals surface area contributed by atoms with Crippen LogP contribution in [0.15, 0.2) is 71.5 Å². The highest BCUT2D eigenvalue weighted by Gasteiger charge is 2.11. The fraction of sp³-hybridized carbons (Fsp3) is 0.111. The Morgan fingerprint density at radius 1 is 1.04 bits per heavy atom. The second-order valence-electron chi connectivity index (χ2n) is 4.78. The molecular weight excluding hydrogens is 310 g/mol. The second-order valence-corrected chi connectivity index (χ2v) is 5.55. The summed E-state index contributed by atoms with van der Waals surface area (Å²) in [4.78, 5) is 13.9. The lowest BCUT2D eigenvalue weighted by Gasteiger charge is -2.00. The summed E-state index contributed by atoms with van der Waals surface area (Å²) in [6.07, 6.45) is 1.49. The first-order chi connectivity index (χ1) is 11.1. The van der Waals surface area contributed by atoms with Crippen LogP contribution in [0.4, 0.5) is 0 Å². The van der Waals surface area contributed by atoms with Gasteiger partial charge in [-0.3, -0.25) is 4.79 Å². The van der Waals surface area contributed by atoms with Crippen molar-refractivity contribution < 1.29 is 14.3 Å². The van der Waals surface area contributed by atoms with Crippen LogP contribution in [0.5, 0.6) is 0 Å². The zero-order chi connectivity index (χ0) is 16.7. The van der Waals surface area contributed by atoms with Crippen molar-refractivity contribution in [2.75, 3.05) is 0 Å². The molecule has 0 fully saturated rings. The van der Waals surface area contributed by atoms with Crippen molar-refractivity contribution in [1.29, 1.82) is 0 Å². The second kappa shape index (κ2) is 8.19. The number of hydrogen-bond acceptors (Lipinski definition) is 4. The number of carboxylic acids is 1. The maximum atomic E-state index is 9.62. The zero-order valence-electron chi connectivity index (χ0n) is 12.6. The van der Waals surface area contributed by atoms with Gasteiger partial charge in [0.1, 0.15) is 5.69 Å². The van der Waals surface area contributed by atoms with Gasteiger partial charge < -0.3 is 9.52 Å². The van der Waals surface area contributed by atoms with Crippen LogP contribution >= 0.6 is 12.6 Å². The molecule has 3 rings (SSSR count). The van der Waals surface area contributed by atoms with Gasteiger partial charge in [0.05, 0.1) is 5.25 Å².